The molecule has 1 aliphatic carbocycles. The van der Waals surface area contributed by atoms with Crippen LogP contribution in [0.4, 0.5) is 5.69 Å². The van der Waals surface area contributed by atoms with Gasteiger partial charge in [0.25, 0.3) is 0 Å². The maximum absolute atomic E-state index is 11.7. The first-order valence-corrected chi connectivity index (χ1v) is 6.99. The topological polar surface area (TPSA) is 44.4 Å². The average molecular weight is 261 g/mol. The van der Waals surface area contributed by atoms with Gasteiger partial charge in [-0.3, -0.25) is 4.79 Å². The van der Waals surface area contributed by atoms with Crippen molar-refractivity contribution in [1.82, 2.24) is 10.6 Å². The molecule has 1 aromatic carbocycles. The van der Waals surface area contributed by atoms with Crippen LogP contribution in [-0.2, 0) is 11.3 Å². The van der Waals surface area contributed by atoms with Crippen molar-refractivity contribution in [3.05, 3.63) is 29.8 Å². The standard InChI is InChI=1S/C15H23N3O/c1-3-16-10-12-4-8-14(9-5-12)18(2)11-15(19)17-13-6-7-13/h4-5,8-9,13,16H,3,6-7,10-11H2,1-2H3,(H,17,19). The second-order valence-corrected chi connectivity index (χ2v) is 5.14. The molecule has 4 heteroatoms. The summed E-state index contributed by atoms with van der Waals surface area (Å²) < 4.78 is 0. The van der Waals surface area contributed by atoms with Crippen molar-refractivity contribution in [3.8, 4) is 0 Å². The van der Waals surface area contributed by atoms with Crippen molar-refractivity contribution in [1.29, 1.82) is 0 Å². The Bertz CT molecular complexity index is 412. The van der Waals surface area contributed by atoms with Crippen LogP contribution in [-0.4, -0.2) is 32.1 Å². The predicted molar refractivity (Wildman–Crippen MR) is 78.3 cm³/mol. The lowest BCUT2D eigenvalue weighted by Crippen LogP contribution is -2.36. The van der Waals surface area contributed by atoms with Gasteiger partial charge in [-0.1, -0.05) is 19.1 Å². The lowest BCUT2D eigenvalue weighted by Gasteiger charge is -2.19. The summed E-state index contributed by atoms with van der Waals surface area (Å²) in [6.45, 7) is 4.38. The van der Waals surface area contributed by atoms with E-state index in [9.17, 15) is 4.79 Å². The van der Waals surface area contributed by atoms with Crippen LogP contribution >= 0.6 is 0 Å². The Kier molecular flexibility index (Phi) is 4.80. The molecule has 0 spiro atoms. The highest BCUT2D eigenvalue weighted by atomic mass is 16.2. The van der Waals surface area contributed by atoms with Crippen LogP contribution in [0.2, 0.25) is 0 Å². The van der Waals surface area contributed by atoms with Gasteiger partial charge in [0.1, 0.15) is 0 Å². The molecule has 0 heterocycles. The third-order valence-electron chi connectivity index (χ3n) is 3.28. The first-order chi connectivity index (χ1) is 9.19. The van der Waals surface area contributed by atoms with Crippen molar-refractivity contribution in [2.45, 2.75) is 32.4 Å². The number of benzene rings is 1. The minimum absolute atomic E-state index is 0.113. The van der Waals surface area contributed by atoms with Gasteiger partial charge < -0.3 is 15.5 Å². The molecule has 4 nitrogen and oxygen atoms in total. The third kappa shape index (κ3) is 4.56. The number of anilines is 1. The summed E-state index contributed by atoms with van der Waals surface area (Å²) >= 11 is 0. The highest BCUT2D eigenvalue weighted by molar-refractivity contribution is 5.81. The number of likely N-dealkylation sites (N-methyl/N-ethyl adjacent to an activating group) is 1. The smallest absolute Gasteiger partial charge is 0.239 e. The van der Waals surface area contributed by atoms with Crippen molar-refractivity contribution >= 4 is 11.6 Å². The molecule has 0 saturated heterocycles. The van der Waals surface area contributed by atoms with Crippen LogP contribution in [0.5, 0.6) is 0 Å². The number of hydrogen-bond acceptors (Lipinski definition) is 3. The molecule has 1 aliphatic rings. The summed E-state index contributed by atoms with van der Waals surface area (Å²) in [7, 11) is 1.95. The molecular weight excluding hydrogens is 238 g/mol. The van der Waals surface area contributed by atoms with Crippen LogP contribution in [0.3, 0.4) is 0 Å². The lowest BCUT2D eigenvalue weighted by atomic mass is 10.2. The van der Waals surface area contributed by atoms with Gasteiger partial charge in [0, 0.05) is 25.3 Å². The van der Waals surface area contributed by atoms with E-state index in [2.05, 4.69) is 41.8 Å². The molecule has 1 aromatic rings. The first kappa shape index (κ1) is 13.9. The highest BCUT2D eigenvalue weighted by Crippen LogP contribution is 2.19. The Hall–Kier alpha value is -1.55. The Morgan fingerprint density at radius 1 is 1.32 bits per heavy atom. The number of hydrogen-bond donors (Lipinski definition) is 2. The largest absolute Gasteiger partial charge is 0.365 e. The van der Waals surface area contributed by atoms with Crippen LogP contribution in [0, 0.1) is 0 Å². The van der Waals surface area contributed by atoms with Gasteiger partial charge in [0.15, 0.2) is 0 Å². The molecule has 1 saturated carbocycles. The fraction of sp³-hybridized carbons (Fsp3) is 0.533. The molecule has 2 N–H and O–H groups in total. The van der Waals surface area contributed by atoms with E-state index in [1.165, 1.54) is 5.56 Å². The molecule has 1 fully saturated rings. The van der Waals surface area contributed by atoms with E-state index in [0.717, 1.165) is 31.6 Å². The first-order valence-electron chi connectivity index (χ1n) is 6.99. The van der Waals surface area contributed by atoms with Crippen LogP contribution in [0.1, 0.15) is 25.3 Å². The fourth-order valence-electron chi connectivity index (χ4n) is 1.95. The van der Waals surface area contributed by atoms with Gasteiger partial charge in [-0.2, -0.15) is 0 Å². The highest BCUT2D eigenvalue weighted by Gasteiger charge is 2.23. The zero-order valence-electron chi connectivity index (χ0n) is 11.8. The van der Waals surface area contributed by atoms with E-state index in [1.807, 2.05) is 11.9 Å². The predicted octanol–water partition coefficient (Wildman–Crippen LogP) is 1.51. The third-order valence-corrected chi connectivity index (χ3v) is 3.28. The molecule has 1 amide bonds. The van der Waals surface area contributed by atoms with Crippen molar-refractivity contribution in [2.75, 3.05) is 25.0 Å². The quantitative estimate of drug-likeness (QED) is 0.782. The molecule has 0 aromatic heterocycles. The van der Waals surface area contributed by atoms with Gasteiger partial charge in [-0.25, -0.2) is 0 Å². The lowest BCUT2D eigenvalue weighted by molar-refractivity contribution is -0.119. The molecule has 104 valence electrons. The molecule has 19 heavy (non-hydrogen) atoms. The number of nitrogens with zero attached hydrogens (tertiary/aromatic N) is 1. The number of amides is 1. The molecule has 0 bridgehead atoms. The van der Waals surface area contributed by atoms with E-state index < -0.39 is 0 Å². The fourth-order valence-corrected chi connectivity index (χ4v) is 1.95. The summed E-state index contributed by atoms with van der Waals surface area (Å²) in [6.07, 6.45) is 2.27. The van der Waals surface area contributed by atoms with Gasteiger partial charge >= 0.3 is 0 Å². The maximum Gasteiger partial charge on any atom is 0.239 e. The number of rotatable bonds is 7. The minimum atomic E-state index is 0.113. The monoisotopic (exact) mass is 261 g/mol. The SMILES string of the molecule is CCNCc1ccc(N(C)CC(=O)NC2CC2)cc1. The molecule has 0 aliphatic heterocycles. The van der Waals surface area contributed by atoms with Crippen LogP contribution in [0.15, 0.2) is 24.3 Å². The Morgan fingerprint density at radius 3 is 2.58 bits per heavy atom. The molecule has 0 unspecified atom stereocenters. The molecular formula is C15H23N3O. The van der Waals surface area contributed by atoms with E-state index in [4.69, 9.17) is 0 Å². The second-order valence-electron chi connectivity index (χ2n) is 5.14. The maximum atomic E-state index is 11.7. The zero-order chi connectivity index (χ0) is 13.7. The van der Waals surface area contributed by atoms with Gasteiger partial charge in [0.05, 0.1) is 6.54 Å². The van der Waals surface area contributed by atoms with Crippen LogP contribution in [0.25, 0.3) is 0 Å². The summed E-state index contributed by atoms with van der Waals surface area (Å²) in [5.74, 6) is 0.113. The van der Waals surface area contributed by atoms with E-state index in [-0.39, 0.29) is 5.91 Å². The van der Waals surface area contributed by atoms with E-state index in [0.29, 0.717) is 12.6 Å². The number of carbonyl (C=O) groups excluding carboxylic acids is 1. The normalized spacial score (nSPS) is 14.2. The van der Waals surface area contributed by atoms with Crippen molar-refractivity contribution in [3.63, 3.8) is 0 Å². The van der Waals surface area contributed by atoms with Gasteiger partial charge in [-0.15, -0.1) is 0 Å². The minimum Gasteiger partial charge on any atom is -0.365 e. The van der Waals surface area contributed by atoms with Gasteiger partial charge in [-0.05, 0) is 37.1 Å². The summed E-state index contributed by atoms with van der Waals surface area (Å²) in [5.41, 5.74) is 2.34. The van der Waals surface area contributed by atoms with Crippen LogP contribution < -0.4 is 15.5 Å². The molecule has 0 radical (unpaired) electrons. The summed E-state index contributed by atoms with van der Waals surface area (Å²) in [6, 6.07) is 8.78. The zero-order valence-corrected chi connectivity index (χ0v) is 11.8. The second kappa shape index (κ2) is 6.57. The summed E-state index contributed by atoms with van der Waals surface area (Å²) in [4.78, 5) is 13.7. The van der Waals surface area contributed by atoms with E-state index in [1.54, 1.807) is 0 Å². The molecule has 0 atom stereocenters. The number of nitrogens with one attached hydrogen (secondary N) is 2. The molecule has 2 rings (SSSR count). The Labute approximate surface area is 115 Å². The average Bonchev–Trinajstić information content (AvgIpc) is 3.20. The van der Waals surface area contributed by atoms with Crippen molar-refractivity contribution in [2.24, 2.45) is 0 Å². The van der Waals surface area contributed by atoms with Gasteiger partial charge in [0.2, 0.25) is 5.91 Å². The van der Waals surface area contributed by atoms with E-state index >= 15 is 0 Å². The Morgan fingerprint density at radius 2 is 2.00 bits per heavy atom. The Balaban J connectivity index is 1.83. The summed E-state index contributed by atoms with van der Waals surface area (Å²) in [5, 5.41) is 6.30. The van der Waals surface area contributed by atoms with Crippen molar-refractivity contribution < 1.29 is 4.79 Å². The number of carbonyl (C=O) groups is 1.